The topological polar surface area (TPSA) is 64.0 Å². The summed E-state index contributed by atoms with van der Waals surface area (Å²) in [7, 11) is -1.81. The van der Waals surface area contributed by atoms with Gasteiger partial charge in [0.15, 0.2) is 5.82 Å². The van der Waals surface area contributed by atoms with Crippen molar-refractivity contribution in [3.63, 3.8) is 0 Å². The zero-order chi connectivity index (χ0) is 13.0. The fourth-order valence-corrected chi connectivity index (χ4v) is 2.19. The summed E-state index contributed by atoms with van der Waals surface area (Å²) in [4.78, 5) is 0. The molecule has 0 saturated carbocycles. The van der Waals surface area contributed by atoms with Gasteiger partial charge in [0.05, 0.1) is 5.41 Å². The lowest BCUT2D eigenvalue weighted by Crippen LogP contribution is -2.09. The second-order valence-corrected chi connectivity index (χ2v) is 5.30. The minimum Gasteiger partial charge on any atom is -0.274 e. The van der Waals surface area contributed by atoms with Gasteiger partial charge in [0.25, 0.3) is 10.0 Å². The molecule has 0 unspecified atom stereocenters. The van der Waals surface area contributed by atoms with Gasteiger partial charge in [0.2, 0.25) is 0 Å². The van der Waals surface area contributed by atoms with Gasteiger partial charge >= 0.3 is 0 Å². The molecular formula is C12H13N3O2S. The van der Waals surface area contributed by atoms with Gasteiger partial charge in [-0.15, -0.1) is 0 Å². The Hall–Kier alpha value is -2.08. The predicted molar refractivity (Wildman–Crippen MR) is 71.2 cm³/mol. The number of anilines is 1. The highest BCUT2D eigenvalue weighted by Crippen LogP contribution is 2.08. The maximum Gasteiger partial charge on any atom is 0.256 e. The van der Waals surface area contributed by atoms with Crippen LogP contribution in [0.1, 0.15) is 5.56 Å². The van der Waals surface area contributed by atoms with Crippen LogP contribution in [0.3, 0.4) is 0 Å². The second kappa shape index (κ2) is 5.05. The monoisotopic (exact) mass is 263 g/mol. The predicted octanol–water partition coefficient (Wildman–Crippen LogP) is 1.83. The summed E-state index contributed by atoms with van der Waals surface area (Å²) in [5.74, 6) is 0.301. The van der Waals surface area contributed by atoms with Crippen LogP contribution < -0.4 is 4.72 Å². The van der Waals surface area contributed by atoms with Gasteiger partial charge in [-0.05, 0) is 11.6 Å². The molecule has 6 heteroatoms. The number of nitrogens with zero attached hydrogens (tertiary/aromatic N) is 2. The molecule has 2 rings (SSSR count). The Balaban J connectivity index is 2.10. The fraction of sp³-hybridized carbons (Fsp3) is 0.0833. The van der Waals surface area contributed by atoms with E-state index in [1.807, 2.05) is 30.3 Å². The Morgan fingerprint density at radius 1 is 1.22 bits per heavy atom. The first-order chi connectivity index (χ1) is 8.55. The van der Waals surface area contributed by atoms with Crippen LogP contribution in [0.4, 0.5) is 5.82 Å². The number of aromatic nitrogens is 2. The van der Waals surface area contributed by atoms with Crippen molar-refractivity contribution >= 4 is 21.9 Å². The van der Waals surface area contributed by atoms with E-state index in [-0.39, 0.29) is 0 Å². The number of sulfonamides is 1. The maximum absolute atomic E-state index is 11.7. The van der Waals surface area contributed by atoms with E-state index in [0.717, 1.165) is 11.0 Å². The van der Waals surface area contributed by atoms with E-state index in [0.29, 0.717) is 5.82 Å². The summed E-state index contributed by atoms with van der Waals surface area (Å²) in [6.45, 7) is 0. The third-order valence-electron chi connectivity index (χ3n) is 2.20. The molecule has 0 bridgehead atoms. The van der Waals surface area contributed by atoms with Crippen molar-refractivity contribution < 1.29 is 8.42 Å². The molecule has 0 saturated heterocycles. The second-order valence-electron chi connectivity index (χ2n) is 3.74. The molecule has 0 fully saturated rings. The molecular weight excluding hydrogens is 250 g/mol. The van der Waals surface area contributed by atoms with Crippen molar-refractivity contribution in [1.29, 1.82) is 0 Å². The van der Waals surface area contributed by atoms with E-state index >= 15 is 0 Å². The number of rotatable bonds is 4. The van der Waals surface area contributed by atoms with Crippen LogP contribution in [-0.2, 0) is 17.1 Å². The number of benzene rings is 1. The Labute approximate surface area is 106 Å². The third kappa shape index (κ3) is 3.46. The minimum absolute atomic E-state index is 0.301. The molecule has 1 aromatic heterocycles. The lowest BCUT2D eigenvalue weighted by atomic mass is 10.2. The van der Waals surface area contributed by atoms with Gasteiger partial charge in [0, 0.05) is 19.3 Å². The van der Waals surface area contributed by atoms with Gasteiger partial charge in [-0.1, -0.05) is 30.3 Å². The Morgan fingerprint density at radius 3 is 2.56 bits per heavy atom. The van der Waals surface area contributed by atoms with Crippen molar-refractivity contribution in [2.75, 3.05) is 4.72 Å². The van der Waals surface area contributed by atoms with E-state index in [1.165, 1.54) is 10.8 Å². The largest absolute Gasteiger partial charge is 0.274 e. The number of nitrogens with one attached hydrogen (secondary N) is 1. The summed E-state index contributed by atoms with van der Waals surface area (Å²) < 4.78 is 27.4. The first-order valence-corrected chi connectivity index (χ1v) is 6.85. The molecule has 0 radical (unpaired) electrons. The summed E-state index contributed by atoms with van der Waals surface area (Å²) >= 11 is 0. The molecule has 0 atom stereocenters. The highest BCUT2D eigenvalue weighted by molar-refractivity contribution is 7.95. The Kier molecular flexibility index (Phi) is 3.47. The molecule has 0 spiro atoms. The molecule has 0 aliphatic rings. The zero-order valence-corrected chi connectivity index (χ0v) is 10.6. The SMILES string of the molecule is Cn1ccc(NS(=O)(=O)/C=C/c2ccccc2)n1. The van der Waals surface area contributed by atoms with Gasteiger partial charge in [-0.25, -0.2) is 8.42 Å². The minimum atomic E-state index is -3.53. The average Bonchev–Trinajstić information content (AvgIpc) is 2.73. The van der Waals surface area contributed by atoms with E-state index in [1.54, 1.807) is 19.3 Å². The molecule has 2 aromatic rings. The third-order valence-corrected chi connectivity index (χ3v) is 3.19. The van der Waals surface area contributed by atoms with E-state index < -0.39 is 10.0 Å². The lowest BCUT2D eigenvalue weighted by Gasteiger charge is -1.99. The zero-order valence-electron chi connectivity index (χ0n) is 9.82. The van der Waals surface area contributed by atoms with Crippen LogP contribution in [0.15, 0.2) is 48.0 Å². The number of hydrogen-bond donors (Lipinski definition) is 1. The van der Waals surface area contributed by atoms with Crippen molar-refractivity contribution in [2.45, 2.75) is 0 Å². The smallest absolute Gasteiger partial charge is 0.256 e. The summed E-state index contributed by atoms with van der Waals surface area (Å²) in [6.07, 6.45) is 3.20. The molecule has 0 amide bonds. The molecule has 5 nitrogen and oxygen atoms in total. The van der Waals surface area contributed by atoms with Gasteiger partial charge in [0.1, 0.15) is 0 Å². The van der Waals surface area contributed by atoms with Crippen LogP contribution in [0.5, 0.6) is 0 Å². The summed E-state index contributed by atoms with van der Waals surface area (Å²) in [5.41, 5.74) is 0.823. The number of hydrogen-bond acceptors (Lipinski definition) is 3. The molecule has 1 heterocycles. The van der Waals surface area contributed by atoms with Gasteiger partial charge in [-0.2, -0.15) is 5.10 Å². The van der Waals surface area contributed by atoms with Crippen LogP contribution in [0, 0.1) is 0 Å². The van der Waals surface area contributed by atoms with Gasteiger partial charge in [-0.3, -0.25) is 9.40 Å². The highest BCUT2D eigenvalue weighted by atomic mass is 32.2. The van der Waals surface area contributed by atoms with E-state index in [9.17, 15) is 8.42 Å². The van der Waals surface area contributed by atoms with Crippen molar-refractivity contribution in [2.24, 2.45) is 7.05 Å². The summed E-state index contributed by atoms with van der Waals surface area (Å²) in [5, 5.41) is 5.07. The molecule has 0 aliphatic heterocycles. The van der Waals surface area contributed by atoms with Crippen LogP contribution in [-0.4, -0.2) is 18.2 Å². The molecule has 0 aliphatic carbocycles. The lowest BCUT2D eigenvalue weighted by molar-refractivity contribution is 0.609. The van der Waals surface area contributed by atoms with Crippen LogP contribution in [0.2, 0.25) is 0 Å². The Morgan fingerprint density at radius 2 is 1.94 bits per heavy atom. The summed E-state index contributed by atoms with van der Waals surface area (Å²) in [6, 6.07) is 10.8. The maximum atomic E-state index is 11.7. The number of aryl methyl sites for hydroxylation is 1. The first kappa shape index (κ1) is 12.4. The van der Waals surface area contributed by atoms with Gasteiger partial charge < -0.3 is 0 Å². The van der Waals surface area contributed by atoms with Crippen LogP contribution >= 0.6 is 0 Å². The molecule has 1 N–H and O–H groups in total. The van der Waals surface area contributed by atoms with Crippen molar-refractivity contribution in [3.05, 3.63) is 53.6 Å². The first-order valence-electron chi connectivity index (χ1n) is 5.31. The van der Waals surface area contributed by atoms with Crippen molar-refractivity contribution in [3.8, 4) is 0 Å². The normalized spacial score (nSPS) is 11.8. The molecule has 1 aromatic carbocycles. The molecule has 94 valence electrons. The van der Waals surface area contributed by atoms with E-state index in [4.69, 9.17) is 0 Å². The standard InChI is InChI=1S/C12H13N3O2S/c1-15-9-7-12(13-15)14-18(16,17)10-8-11-5-3-2-4-6-11/h2-10H,1H3,(H,13,14)/b10-8+. The van der Waals surface area contributed by atoms with Crippen molar-refractivity contribution in [1.82, 2.24) is 9.78 Å². The quantitative estimate of drug-likeness (QED) is 0.915. The molecule has 18 heavy (non-hydrogen) atoms. The highest BCUT2D eigenvalue weighted by Gasteiger charge is 2.07. The fourth-order valence-electron chi connectivity index (χ4n) is 1.38. The van der Waals surface area contributed by atoms with Crippen LogP contribution in [0.25, 0.3) is 6.08 Å². The van der Waals surface area contributed by atoms with E-state index in [2.05, 4.69) is 9.82 Å². The average molecular weight is 263 g/mol. The Bertz CT molecular complexity index is 645.